The second-order valence-electron chi connectivity index (χ2n) is 37.1. The van der Waals surface area contributed by atoms with Crippen molar-refractivity contribution < 1.29 is 0 Å². The van der Waals surface area contributed by atoms with Crippen molar-refractivity contribution in [3.63, 3.8) is 0 Å². The van der Waals surface area contributed by atoms with Crippen LogP contribution in [0.2, 0.25) is 0 Å². The van der Waals surface area contributed by atoms with Crippen LogP contribution in [-0.2, 0) is 0 Å². The second kappa shape index (κ2) is 50.4. The van der Waals surface area contributed by atoms with Gasteiger partial charge < -0.3 is 0 Å². The quantitative estimate of drug-likeness (QED) is 0.193. The van der Waals surface area contributed by atoms with E-state index in [1.807, 2.05) is 0 Å². The third-order valence-electron chi connectivity index (χ3n) is 29.5. The first-order chi connectivity index (χ1) is 48.1. The van der Waals surface area contributed by atoms with E-state index in [2.05, 4.69) is 26.5 Å². The third-order valence-corrected chi connectivity index (χ3v) is 29.5. The summed E-state index contributed by atoms with van der Waals surface area (Å²) < 4.78 is 0. The number of rotatable bonds is 12. The second-order valence-corrected chi connectivity index (χ2v) is 37.1. The summed E-state index contributed by atoms with van der Waals surface area (Å²) in [6.45, 7) is 2.86. The van der Waals surface area contributed by atoms with E-state index in [-0.39, 0.29) is 0 Å². The molecule has 0 spiro atoms. The minimum atomic E-state index is 0.391. The number of nitrogens with zero attached hydrogens (tertiary/aromatic N) is 4. The van der Waals surface area contributed by atoms with Crippen LogP contribution in [0.4, 0.5) is 0 Å². The monoisotopic (exact) mass is 1350 g/mol. The summed E-state index contributed by atoms with van der Waals surface area (Å²) in [6, 6.07) is 9.12. The SMILES string of the molecule is CC1(N(C2CCCCCCCCC2)C2CCCCC(N(C3CCCCCC(N(C4CCCCCCCCC4)C4CCCCCCCCC4)CCCC3)C3CCCCCC(N(C4CCCCCCCCC4)C4CCCCCCCCC4)CCCC3)CCCC2)CCCCCCCCC1. The van der Waals surface area contributed by atoms with E-state index in [0.717, 1.165) is 66.5 Å². The molecule has 0 saturated heterocycles. The molecule has 0 bridgehead atoms. The smallest absolute Gasteiger partial charge is 0.0187 e. The molecule has 9 rings (SSSR count). The maximum Gasteiger partial charge on any atom is 0.0187 e. The van der Waals surface area contributed by atoms with E-state index in [1.165, 1.54) is 514 Å². The maximum atomic E-state index is 3.54. The summed E-state index contributed by atoms with van der Waals surface area (Å²) in [4.78, 5) is 13.8. The van der Waals surface area contributed by atoms with Crippen molar-refractivity contribution in [1.29, 1.82) is 0 Å². The van der Waals surface area contributed by atoms with Crippen molar-refractivity contribution in [2.24, 2.45) is 0 Å². The summed E-state index contributed by atoms with van der Waals surface area (Å²) in [5.74, 6) is 0. The molecule has 4 heteroatoms. The van der Waals surface area contributed by atoms with E-state index < -0.39 is 0 Å². The van der Waals surface area contributed by atoms with Gasteiger partial charge in [-0.3, -0.25) is 19.6 Å². The molecule has 0 heterocycles. The Morgan fingerprint density at radius 3 is 0.392 bits per heavy atom. The molecule has 0 aromatic carbocycles. The molecule has 0 N–H and O–H groups in total. The normalized spacial score (nSPS) is 31.4. The largest absolute Gasteiger partial charge is 0.294 e. The molecule has 9 fully saturated rings. The predicted molar refractivity (Wildman–Crippen MR) is 427 cm³/mol. The van der Waals surface area contributed by atoms with Crippen LogP contribution in [0, 0.1) is 0 Å². The Morgan fingerprint density at radius 2 is 0.237 bits per heavy atom. The Labute approximate surface area is 608 Å². The molecular weight excluding hydrogens is 1170 g/mol. The lowest BCUT2D eigenvalue weighted by Gasteiger charge is -2.52. The average Bonchev–Trinajstić information content (AvgIpc) is 1.37. The molecule has 97 heavy (non-hydrogen) atoms. The Balaban J connectivity index is 0.958. The van der Waals surface area contributed by atoms with Crippen LogP contribution in [0.5, 0.6) is 0 Å². The van der Waals surface area contributed by atoms with Gasteiger partial charge in [-0.2, -0.15) is 0 Å². The van der Waals surface area contributed by atoms with Gasteiger partial charge in [0.2, 0.25) is 0 Å². The zero-order valence-electron chi connectivity index (χ0n) is 66.2. The standard InChI is InChI=1S/C93H174N4/c1-93(80-56-30-18-7-19-31-57-81-93)97(91-76-42-28-16-6-17-29-43-77-91)92-78-54-52-74-90(75-53-55-79-92)96(88-68-46-32-44-66-86(70-48-50-72-88)94(82-58-34-20-8-2-9-21-35-59-82)83-60-36-22-10-3-11-23-37-61-83)89-69-47-33-45-67-87(71-49-51-73-89)95(84-62-38-24-12-4-13-25-39-63-84)85-64-40-26-14-5-15-27-41-65-85/h82-92H,2-81H2,1H3. The van der Waals surface area contributed by atoms with Gasteiger partial charge in [0.05, 0.1) is 0 Å². The predicted octanol–water partition coefficient (Wildman–Crippen LogP) is 29.3. The van der Waals surface area contributed by atoms with E-state index in [9.17, 15) is 0 Å². The van der Waals surface area contributed by atoms with E-state index in [1.54, 1.807) is 0 Å². The molecular formula is C93H174N4. The van der Waals surface area contributed by atoms with Crippen molar-refractivity contribution >= 4 is 0 Å². The zero-order valence-corrected chi connectivity index (χ0v) is 66.2. The Kier molecular flexibility index (Phi) is 42.0. The van der Waals surface area contributed by atoms with Crippen molar-refractivity contribution in [3.8, 4) is 0 Å². The topological polar surface area (TPSA) is 13.0 Å². The van der Waals surface area contributed by atoms with Crippen LogP contribution < -0.4 is 0 Å². The van der Waals surface area contributed by atoms with Gasteiger partial charge in [0.25, 0.3) is 0 Å². The highest BCUT2D eigenvalue weighted by Crippen LogP contribution is 2.43. The molecule has 4 unspecified atom stereocenters. The van der Waals surface area contributed by atoms with E-state index >= 15 is 0 Å². The number of hydrogen-bond acceptors (Lipinski definition) is 4. The molecule has 0 aromatic rings. The van der Waals surface area contributed by atoms with E-state index in [0.29, 0.717) is 5.54 Å². The van der Waals surface area contributed by atoms with Crippen LogP contribution in [-0.4, -0.2) is 91.6 Å². The lowest BCUT2D eigenvalue weighted by atomic mass is 9.79. The molecule has 9 aliphatic carbocycles. The van der Waals surface area contributed by atoms with Crippen LogP contribution in [0.25, 0.3) is 0 Å². The van der Waals surface area contributed by atoms with Crippen molar-refractivity contribution in [2.75, 3.05) is 0 Å². The zero-order chi connectivity index (χ0) is 66.7. The first kappa shape index (κ1) is 80.9. The summed E-state index contributed by atoms with van der Waals surface area (Å²) in [5.41, 5.74) is 0.391. The fourth-order valence-electron chi connectivity index (χ4n) is 24.1. The van der Waals surface area contributed by atoms with Crippen LogP contribution >= 0.6 is 0 Å². The third kappa shape index (κ3) is 30.0. The molecule has 4 nitrogen and oxygen atoms in total. The maximum absolute atomic E-state index is 3.54. The van der Waals surface area contributed by atoms with Crippen LogP contribution in [0.15, 0.2) is 0 Å². The molecule has 4 atom stereocenters. The summed E-state index contributed by atoms with van der Waals surface area (Å²) >= 11 is 0. The van der Waals surface area contributed by atoms with Crippen molar-refractivity contribution in [3.05, 3.63) is 0 Å². The molecule has 0 aliphatic heterocycles. The minimum Gasteiger partial charge on any atom is -0.294 e. The van der Waals surface area contributed by atoms with Crippen LogP contribution in [0.3, 0.4) is 0 Å². The fourth-order valence-corrected chi connectivity index (χ4v) is 24.1. The highest BCUT2D eigenvalue weighted by Gasteiger charge is 2.42. The van der Waals surface area contributed by atoms with E-state index in [4.69, 9.17) is 0 Å². The van der Waals surface area contributed by atoms with Gasteiger partial charge in [0.1, 0.15) is 0 Å². The lowest BCUT2D eigenvalue weighted by Crippen LogP contribution is -2.57. The molecule has 9 aliphatic rings. The van der Waals surface area contributed by atoms with Crippen molar-refractivity contribution in [2.45, 2.75) is 593 Å². The molecule has 0 radical (unpaired) electrons. The fraction of sp³-hybridized carbons (Fsp3) is 1.00. The average molecular weight is 1350 g/mol. The molecule has 0 amide bonds. The first-order valence-corrected chi connectivity index (χ1v) is 47.3. The van der Waals surface area contributed by atoms with Gasteiger partial charge in [0, 0.05) is 72.0 Å². The minimum absolute atomic E-state index is 0.391. The lowest BCUT2D eigenvalue weighted by molar-refractivity contribution is -0.0222. The van der Waals surface area contributed by atoms with Crippen LogP contribution in [0.1, 0.15) is 521 Å². The van der Waals surface area contributed by atoms with Gasteiger partial charge in [-0.15, -0.1) is 0 Å². The first-order valence-electron chi connectivity index (χ1n) is 47.3. The molecule has 566 valence electrons. The Hall–Kier alpha value is -0.160. The van der Waals surface area contributed by atoms with Gasteiger partial charge in [0.15, 0.2) is 0 Å². The highest BCUT2D eigenvalue weighted by molar-refractivity contribution is 4.97. The summed E-state index contributed by atoms with van der Waals surface area (Å²) in [5, 5.41) is 0. The summed E-state index contributed by atoms with van der Waals surface area (Å²) in [7, 11) is 0. The molecule has 0 aromatic heterocycles. The molecule has 9 saturated carbocycles. The Bertz CT molecular complexity index is 1650. The number of hydrogen-bond donors (Lipinski definition) is 0. The van der Waals surface area contributed by atoms with Gasteiger partial charge in [-0.25, -0.2) is 0 Å². The van der Waals surface area contributed by atoms with Gasteiger partial charge in [-0.05, 0) is 161 Å². The van der Waals surface area contributed by atoms with Crippen molar-refractivity contribution in [1.82, 2.24) is 19.6 Å². The highest BCUT2D eigenvalue weighted by atomic mass is 15.3. The van der Waals surface area contributed by atoms with Gasteiger partial charge in [-0.1, -0.05) is 360 Å². The summed E-state index contributed by atoms with van der Waals surface area (Å²) in [6.07, 6.45) is 120. The Morgan fingerprint density at radius 1 is 0.134 bits per heavy atom. The van der Waals surface area contributed by atoms with Gasteiger partial charge >= 0.3 is 0 Å².